The third kappa shape index (κ3) is 3.31. The van der Waals surface area contributed by atoms with Crippen LogP contribution in [0.25, 0.3) is 0 Å². The van der Waals surface area contributed by atoms with Gasteiger partial charge in [-0.15, -0.1) is 0 Å². The highest BCUT2D eigenvalue weighted by atomic mass is 79.9. The molecular weight excluding hydrogens is 294 g/mol. The van der Waals surface area contributed by atoms with Crippen LogP contribution in [0.3, 0.4) is 0 Å². The van der Waals surface area contributed by atoms with Crippen molar-refractivity contribution in [3.63, 3.8) is 0 Å². The average Bonchev–Trinajstić information content (AvgIpc) is 2.55. The standard InChI is InChI=1S/C14H18BrNO2/c15-13-8-3-1-2-6-11(13)10-12-7-4-5-9-14(12)16(17)18/h4-5,7,9,11,13H,1-3,6,8,10H2. The van der Waals surface area contributed by atoms with E-state index in [4.69, 9.17) is 0 Å². The minimum atomic E-state index is -0.269. The lowest BCUT2D eigenvalue weighted by Crippen LogP contribution is -2.16. The summed E-state index contributed by atoms with van der Waals surface area (Å²) in [5, 5.41) is 11.0. The van der Waals surface area contributed by atoms with Gasteiger partial charge in [0.25, 0.3) is 5.69 Å². The Kier molecular flexibility index (Phi) is 4.75. The molecule has 1 aromatic carbocycles. The zero-order valence-corrected chi connectivity index (χ0v) is 11.9. The largest absolute Gasteiger partial charge is 0.272 e. The fraction of sp³-hybridized carbons (Fsp3) is 0.571. The summed E-state index contributed by atoms with van der Waals surface area (Å²) in [4.78, 5) is 11.2. The molecule has 1 aromatic rings. The molecule has 0 spiro atoms. The Morgan fingerprint density at radius 3 is 2.72 bits per heavy atom. The maximum absolute atomic E-state index is 11.0. The Morgan fingerprint density at radius 1 is 1.22 bits per heavy atom. The van der Waals surface area contributed by atoms with Crippen molar-refractivity contribution in [2.45, 2.75) is 43.4 Å². The highest BCUT2D eigenvalue weighted by molar-refractivity contribution is 9.09. The summed E-state index contributed by atoms with van der Waals surface area (Å²) >= 11 is 3.75. The number of halogens is 1. The summed E-state index contributed by atoms with van der Waals surface area (Å²) in [5.41, 5.74) is 1.14. The molecule has 1 aliphatic carbocycles. The van der Waals surface area contributed by atoms with E-state index in [9.17, 15) is 10.1 Å². The van der Waals surface area contributed by atoms with Gasteiger partial charge in [-0.3, -0.25) is 10.1 Å². The van der Waals surface area contributed by atoms with Crippen LogP contribution in [0.2, 0.25) is 0 Å². The van der Waals surface area contributed by atoms with Gasteiger partial charge in [-0.1, -0.05) is 53.4 Å². The van der Waals surface area contributed by atoms with Gasteiger partial charge in [0, 0.05) is 16.5 Å². The fourth-order valence-corrected chi connectivity index (χ4v) is 3.49. The molecule has 0 aromatic heterocycles. The van der Waals surface area contributed by atoms with Crippen LogP contribution >= 0.6 is 15.9 Å². The van der Waals surface area contributed by atoms with Gasteiger partial charge in [0.2, 0.25) is 0 Å². The van der Waals surface area contributed by atoms with Crippen molar-refractivity contribution in [1.82, 2.24) is 0 Å². The summed E-state index contributed by atoms with van der Waals surface area (Å²) in [7, 11) is 0. The quantitative estimate of drug-likeness (QED) is 0.357. The zero-order valence-electron chi connectivity index (χ0n) is 10.3. The Balaban J connectivity index is 2.14. The summed E-state index contributed by atoms with van der Waals surface area (Å²) in [6, 6.07) is 7.13. The predicted molar refractivity (Wildman–Crippen MR) is 76.1 cm³/mol. The summed E-state index contributed by atoms with van der Waals surface area (Å²) in [6.45, 7) is 0. The molecule has 0 saturated heterocycles. The first-order chi connectivity index (χ1) is 8.68. The van der Waals surface area contributed by atoms with Crippen molar-refractivity contribution in [3.05, 3.63) is 39.9 Å². The van der Waals surface area contributed by atoms with E-state index in [1.165, 1.54) is 32.1 Å². The Labute approximate surface area is 116 Å². The highest BCUT2D eigenvalue weighted by Gasteiger charge is 2.24. The van der Waals surface area contributed by atoms with E-state index in [-0.39, 0.29) is 10.6 Å². The minimum Gasteiger partial charge on any atom is -0.258 e. The maximum atomic E-state index is 11.0. The zero-order chi connectivity index (χ0) is 13.0. The molecule has 1 aliphatic rings. The first-order valence-electron chi connectivity index (χ1n) is 6.55. The van der Waals surface area contributed by atoms with E-state index in [0.29, 0.717) is 10.7 Å². The number of nitro groups is 1. The van der Waals surface area contributed by atoms with Crippen LogP contribution in [0, 0.1) is 16.0 Å². The van der Waals surface area contributed by atoms with E-state index >= 15 is 0 Å². The van der Waals surface area contributed by atoms with Gasteiger partial charge >= 0.3 is 0 Å². The molecule has 3 nitrogen and oxygen atoms in total. The molecule has 2 rings (SSSR count). The number of nitro benzene ring substituents is 1. The molecule has 4 heteroatoms. The average molecular weight is 312 g/mol. The highest BCUT2D eigenvalue weighted by Crippen LogP contribution is 2.33. The van der Waals surface area contributed by atoms with Crippen molar-refractivity contribution in [2.75, 3.05) is 0 Å². The van der Waals surface area contributed by atoms with Gasteiger partial charge in [0.05, 0.1) is 4.92 Å². The Morgan fingerprint density at radius 2 is 1.94 bits per heavy atom. The predicted octanol–water partition coefficient (Wildman–Crippen LogP) is 4.48. The van der Waals surface area contributed by atoms with Crippen LogP contribution < -0.4 is 0 Å². The van der Waals surface area contributed by atoms with Crippen LogP contribution in [0.15, 0.2) is 24.3 Å². The van der Waals surface area contributed by atoms with Gasteiger partial charge < -0.3 is 0 Å². The van der Waals surface area contributed by atoms with E-state index in [2.05, 4.69) is 15.9 Å². The third-order valence-electron chi connectivity index (χ3n) is 3.74. The first kappa shape index (κ1) is 13.5. The van der Waals surface area contributed by atoms with Crippen LogP contribution in [-0.2, 0) is 6.42 Å². The number of hydrogen-bond donors (Lipinski definition) is 0. The lowest BCUT2D eigenvalue weighted by molar-refractivity contribution is -0.385. The number of hydrogen-bond acceptors (Lipinski definition) is 2. The van der Waals surface area contributed by atoms with Crippen LogP contribution in [0.4, 0.5) is 5.69 Å². The van der Waals surface area contributed by atoms with Crippen molar-refractivity contribution >= 4 is 21.6 Å². The smallest absolute Gasteiger partial charge is 0.258 e. The molecule has 1 saturated carbocycles. The normalized spacial score (nSPS) is 24.5. The molecule has 0 radical (unpaired) electrons. The number of para-hydroxylation sites is 1. The second-order valence-electron chi connectivity index (χ2n) is 5.00. The number of alkyl halides is 1. The number of benzene rings is 1. The van der Waals surface area contributed by atoms with Crippen molar-refractivity contribution in [3.8, 4) is 0 Å². The molecular formula is C14H18BrNO2. The number of rotatable bonds is 3. The van der Waals surface area contributed by atoms with E-state index in [1.54, 1.807) is 12.1 Å². The van der Waals surface area contributed by atoms with Gasteiger partial charge in [-0.05, 0) is 25.2 Å². The molecule has 0 N–H and O–H groups in total. The summed E-state index contributed by atoms with van der Waals surface area (Å²) in [6.07, 6.45) is 6.96. The Hall–Kier alpha value is -0.900. The van der Waals surface area contributed by atoms with E-state index in [1.807, 2.05) is 12.1 Å². The summed E-state index contributed by atoms with van der Waals surface area (Å²) in [5.74, 6) is 0.522. The molecule has 1 fully saturated rings. The molecule has 98 valence electrons. The van der Waals surface area contributed by atoms with Crippen molar-refractivity contribution in [2.24, 2.45) is 5.92 Å². The van der Waals surface area contributed by atoms with Crippen LogP contribution in [0.5, 0.6) is 0 Å². The van der Waals surface area contributed by atoms with Crippen molar-refractivity contribution < 1.29 is 4.92 Å². The first-order valence-corrected chi connectivity index (χ1v) is 7.46. The molecule has 0 bridgehead atoms. The Bertz CT molecular complexity index is 422. The minimum absolute atomic E-state index is 0.265. The molecule has 2 atom stereocenters. The SMILES string of the molecule is O=[N+]([O-])c1ccccc1CC1CCCCCC1Br. The molecule has 2 unspecified atom stereocenters. The molecule has 0 heterocycles. The third-order valence-corrected chi connectivity index (χ3v) is 4.94. The second-order valence-corrected chi connectivity index (χ2v) is 6.18. The van der Waals surface area contributed by atoms with Gasteiger partial charge in [-0.25, -0.2) is 0 Å². The monoisotopic (exact) mass is 311 g/mol. The fourth-order valence-electron chi connectivity index (χ4n) is 2.71. The van der Waals surface area contributed by atoms with E-state index < -0.39 is 0 Å². The van der Waals surface area contributed by atoms with Gasteiger partial charge in [-0.2, -0.15) is 0 Å². The van der Waals surface area contributed by atoms with E-state index in [0.717, 1.165) is 12.0 Å². The van der Waals surface area contributed by atoms with Gasteiger partial charge in [0.15, 0.2) is 0 Å². The maximum Gasteiger partial charge on any atom is 0.272 e. The molecule has 0 amide bonds. The molecule has 0 aliphatic heterocycles. The van der Waals surface area contributed by atoms with Crippen LogP contribution in [-0.4, -0.2) is 9.75 Å². The van der Waals surface area contributed by atoms with Gasteiger partial charge in [0.1, 0.15) is 0 Å². The van der Waals surface area contributed by atoms with Crippen molar-refractivity contribution in [1.29, 1.82) is 0 Å². The van der Waals surface area contributed by atoms with Crippen LogP contribution in [0.1, 0.15) is 37.7 Å². The summed E-state index contributed by atoms with van der Waals surface area (Å²) < 4.78 is 0. The lowest BCUT2D eigenvalue weighted by atomic mass is 9.91. The lowest BCUT2D eigenvalue weighted by Gasteiger charge is -2.19. The number of nitrogens with zero attached hydrogens (tertiary/aromatic N) is 1. The topological polar surface area (TPSA) is 43.1 Å². The molecule has 18 heavy (non-hydrogen) atoms. The second kappa shape index (κ2) is 6.32.